The van der Waals surface area contributed by atoms with Crippen molar-refractivity contribution in [2.24, 2.45) is 5.41 Å². The number of pyridine rings is 2. The van der Waals surface area contributed by atoms with Crippen molar-refractivity contribution in [3.05, 3.63) is 63.9 Å². The molecule has 1 saturated heterocycles. The lowest BCUT2D eigenvalue weighted by atomic mass is 9.86. The fourth-order valence-electron chi connectivity index (χ4n) is 6.32. The summed E-state index contributed by atoms with van der Waals surface area (Å²) in [6.07, 6.45) is 6.13. The number of β-amino-alcohol motifs (C(OH)–C–C–N with tert-alkyl or cyclic N) is 1. The lowest BCUT2D eigenvalue weighted by Gasteiger charge is -2.28. The van der Waals surface area contributed by atoms with Crippen molar-refractivity contribution >= 4 is 22.8 Å². The number of carbonyl (C=O) groups excluding carboxylic acids is 1. The molecule has 2 bridgehead atoms. The Morgan fingerprint density at radius 1 is 1.17 bits per heavy atom. The first-order chi connectivity index (χ1) is 17.2. The van der Waals surface area contributed by atoms with E-state index in [2.05, 4.69) is 17.2 Å². The lowest BCUT2D eigenvalue weighted by molar-refractivity contribution is 0.0899. The molecule has 7 nitrogen and oxygen atoms in total. The first-order valence-corrected chi connectivity index (χ1v) is 12.4. The summed E-state index contributed by atoms with van der Waals surface area (Å²) in [5.74, 6) is -1.53. The van der Waals surface area contributed by atoms with Crippen LogP contribution in [0.25, 0.3) is 16.7 Å². The number of nitrogens with zero attached hydrogens (tertiary/aromatic N) is 3. The SMILES string of the molecule is CC12CCC(NC(=O)c3cn(-c4ccc(F)cc4F)c4nc(N5CCC(O)C5)ccc4c3=O)(CC1)C2. The maximum absolute atomic E-state index is 14.9. The summed E-state index contributed by atoms with van der Waals surface area (Å²) in [6, 6.07) is 6.41. The molecule has 3 aliphatic rings. The van der Waals surface area contributed by atoms with E-state index in [4.69, 9.17) is 0 Å². The Morgan fingerprint density at radius 2 is 1.94 bits per heavy atom. The molecule has 2 aliphatic carbocycles. The monoisotopic (exact) mass is 494 g/mol. The van der Waals surface area contributed by atoms with Crippen LogP contribution in [-0.4, -0.2) is 45.3 Å². The lowest BCUT2D eigenvalue weighted by Crippen LogP contribution is -2.46. The van der Waals surface area contributed by atoms with Gasteiger partial charge in [0.15, 0.2) is 5.65 Å². The summed E-state index contributed by atoms with van der Waals surface area (Å²) in [5.41, 5.74) is -0.554. The van der Waals surface area contributed by atoms with Crippen molar-refractivity contribution in [3.8, 4) is 5.69 Å². The van der Waals surface area contributed by atoms with E-state index >= 15 is 0 Å². The molecular weight excluding hydrogens is 466 g/mol. The second-order valence-corrected chi connectivity index (χ2v) is 11.0. The largest absolute Gasteiger partial charge is 0.391 e. The van der Waals surface area contributed by atoms with Crippen LogP contribution in [0.3, 0.4) is 0 Å². The fraction of sp³-hybridized carbons (Fsp3) is 0.444. The van der Waals surface area contributed by atoms with Gasteiger partial charge < -0.3 is 15.3 Å². The van der Waals surface area contributed by atoms with E-state index in [1.165, 1.54) is 16.8 Å². The molecule has 2 N–H and O–H groups in total. The maximum Gasteiger partial charge on any atom is 0.257 e. The van der Waals surface area contributed by atoms with Gasteiger partial charge in [-0.25, -0.2) is 13.8 Å². The van der Waals surface area contributed by atoms with E-state index in [-0.39, 0.29) is 33.2 Å². The predicted octanol–water partition coefficient (Wildman–Crippen LogP) is 3.69. The Balaban J connectivity index is 1.48. The average Bonchev–Trinajstić information content (AvgIpc) is 3.51. The van der Waals surface area contributed by atoms with E-state index < -0.39 is 29.1 Å². The number of amides is 1. The first kappa shape index (κ1) is 23.1. The molecule has 1 atom stereocenters. The summed E-state index contributed by atoms with van der Waals surface area (Å²) in [6.45, 7) is 3.22. The number of halogens is 2. The van der Waals surface area contributed by atoms with Gasteiger partial charge in [0.25, 0.3) is 5.91 Å². The van der Waals surface area contributed by atoms with Gasteiger partial charge in [0, 0.05) is 30.9 Å². The molecule has 1 aromatic carbocycles. The van der Waals surface area contributed by atoms with E-state index in [9.17, 15) is 23.5 Å². The minimum atomic E-state index is -0.837. The highest BCUT2D eigenvalue weighted by Gasteiger charge is 2.52. The van der Waals surface area contributed by atoms with Crippen LogP contribution in [0.15, 0.2) is 41.3 Å². The molecular formula is C27H28F2N4O3. The number of hydrogen-bond acceptors (Lipinski definition) is 5. The van der Waals surface area contributed by atoms with Crippen LogP contribution < -0.4 is 15.6 Å². The third-order valence-electron chi connectivity index (χ3n) is 8.30. The summed E-state index contributed by atoms with van der Waals surface area (Å²) in [4.78, 5) is 33.5. The number of aromatic nitrogens is 2. The molecule has 3 fully saturated rings. The van der Waals surface area contributed by atoms with Crippen LogP contribution in [0.4, 0.5) is 14.6 Å². The third kappa shape index (κ3) is 3.77. The number of carbonyl (C=O) groups is 1. The smallest absolute Gasteiger partial charge is 0.257 e. The van der Waals surface area contributed by atoms with E-state index in [1.54, 1.807) is 12.1 Å². The van der Waals surface area contributed by atoms with Crippen LogP contribution in [0.1, 0.15) is 55.8 Å². The number of anilines is 1. The molecule has 1 amide bonds. The number of benzene rings is 1. The van der Waals surface area contributed by atoms with Gasteiger partial charge in [-0.3, -0.25) is 14.2 Å². The van der Waals surface area contributed by atoms with Crippen molar-refractivity contribution in [1.29, 1.82) is 0 Å². The Morgan fingerprint density at radius 3 is 2.58 bits per heavy atom. The maximum atomic E-state index is 14.9. The molecule has 9 heteroatoms. The van der Waals surface area contributed by atoms with E-state index in [0.29, 0.717) is 25.3 Å². The number of rotatable bonds is 4. The molecule has 0 radical (unpaired) electrons. The minimum Gasteiger partial charge on any atom is -0.391 e. The zero-order chi connectivity index (χ0) is 25.2. The Hall–Kier alpha value is -3.33. The molecule has 188 valence electrons. The number of aliphatic hydroxyl groups excluding tert-OH is 1. The van der Waals surface area contributed by atoms with Gasteiger partial charge in [-0.1, -0.05) is 6.92 Å². The van der Waals surface area contributed by atoms with Crippen LogP contribution >= 0.6 is 0 Å². The summed E-state index contributed by atoms with van der Waals surface area (Å²) in [5, 5.41) is 13.2. The van der Waals surface area contributed by atoms with Gasteiger partial charge in [0.05, 0.1) is 17.2 Å². The highest BCUT2D eigenvalue weighted by Crippen LogP contribution is 2.56. The topological polar surface area (TPSA) is 87.5 Å². The van der Waals surface area contributed by atoms with Crippen LogP contribution in [0.5, 0.6) is 0 Å². The van der Waals surface area contributed by atoms with Gasteiger partial charge in [0.2, 0.25) is 5.43 Å². The molecule has 6 rings (SSSR count). The van der Waals surface area contributed by atoms with Gasteiger partial charge in [-0.05, 0) is 68.2 Å². The van der Waals surface area contributed by atoms with Crippen molar-refractivity contribution in [3.63, 3.8) is 0 Å². The van der Waals surface area contributed by atoms with E-state index in [1.807, 2.05) is 4.90 Å². The standard InChI is InChI=1S/C27H28F2N4O3/c1-26-7-9-27(15-26,10-8-26)31-25(36)19-14-33(21-4-2-16(28)12-20(21)29)24-18(23(19)35)3-5-22(30-24)32-11-6-17(34)13-32/h2-5,12,14,17,34H,6-11,13,15H2,1H3,(H,31,36). The quantitative estimate of drug-likeness (QED) is 0.578. The highest BCUT2D eigenvalue weighted by atomic mass is 19.1. The van der Waals surface area contributed by atoms with Crippen LogP contribution in [0, 0.1) is 17.0 Å². The van der Waals surface area contributed by atoms with Gasteiger partial charge in [0.1, 0.15) is 23.0 Å². The zero-order valence-corrected chi connectivity index (χ0v) is 20.1. The summed E-state index contributed by atoms with van der Waals surface area (Å²) >= 11 is 0. The van der Waals surface area contributed by atoms with Crippen molar-refractivity contribution in [2.75, 3.05) is 18.0 Å². The molecule has 1 aliphatic heterocycles. The van der Waals surface area contributed by atoms with Crippen molar-refractivity contribution in [2.45, 2.75) is 57.1 Å². The van der Waals surface area contributed by atoms with Gasteiger partial charge >= 0.3 is 0 Å². The Bertz CT molecular complexity index is 1440. The second-order valence-electron chi connectivity index (χ2n) is 11.0. The summed E-state index contributed by atoms with van der Waals surface area (Å²) in [7, 11) is 0. The molecule has 3 aromatic rings. The molecule has 3 heterocycles. The Kier molecular flexibility index (Phi) is 5.19. The van der Waals surface area contributed by atoms with Crippen LogP contribution in [-0.2, 0) is 0 Å². The van der Waals surface area contributed by atoms with Crippen molar-refractivity contribution < 1.29 is 18.7 Å². The van der Waals surface area contributed by atoms with Gasteiger partial charge in [-0.2, -0.15) is 0 Å². The van der Waals surface area contributed by atoms with Crippen LogP contribution in [0.2, 0.25) is 0 Å². The molecule has 1 unspecified atom stereocenters. The average molecular weight is 495 g/mol. The van der Waals surface area contributed by atoms with Crippen molar-refractivity contribution in [1.82, 2.24) is 14.9 Å². The first-order valence-electron chi connectivity index (χ1n) is 12.4. The minimum absolute atomic E-state index is 0.0194. The number of nitrogens with one attached hydrogen (secondary N) is 1. The predicted molar refractivity (Wildman–Crippen MR) is 131 cm³/mol. The molecule has 36 heavy (non-hydrogen) atoms. The molecule has 2 saturated carbocycles. The molecule has 0 spiro atoms. The normalized spacial score (nSPS) is 27.2. The number of hydrogen-bond donors (Lipinski definition) is 2. The highest BCUT2D eigenvalue weighted by molar-refractivity contribution is 5.98. The number of aliphatic hydroxyl groups is 1. The number of fused-ring (bicyclic) bond motifs is 3. The summed E-state index contributed by atoms with van der Waals surface area (Å²) < 4.78 is 30.0. The van der Waals surface area contributed by atoms with E-state index in [0.717, 1.165) is 44.2 Å². The zero-order valence-electron chi connectivity index (χ0n) is 20.1. The molecule has 2 aromatic heterocycles. The fourth-order valence-corrected chi connectivity index (χ4v) is 6.32. The third-order valence-corrected chi connectivity index (χ3v) is 8.30. The second kappa shape index (κ2) is 8.09. The van der Waals surface area contributed by atoms with Gasteiger partial charge in [-0.15, -0.1) is 0 Å². The Labute approximate surface area is 206 Å².